The summed E-state index contributed by atoms with van der Waals surface area (Å²) in [6.07, 6.45) is 0.625. The maximum absolute atomic E-state index is 9.32. The quantitative estimate of drug-likeness (QED) is 0.721. The van der Waals surface area contributed by atoms with Crippen molar-refractivity contribution in [2.45, 2.75) is 26.4 Å². The Morgan fingerprint density at radius 2 is 2.25 bits per heavy atom. The van der Waals surface area contributed by atoms with Gasteiger partial charge in [-0.1, -0.05) is 19.9 Å². The van der Waals surface area contributed by atoms with Gasteiger partial charge in [-0.05, 0) is 17.9 Å². The van der Waals surface area contributed by atoms with Crippen LogP contribution in [-0.4, -0.2) is 38.0 Å². The topological polar surface area (TPSA) is 41.5 Å². The third-order valence-electron chi connectivity index (χ3n) is 1.87. The molecule has 1 aromatic heterocycles. The highest BCUT2D eigenvalue weighted by atomic mass is 32.1. The molecule has 1 unspecified atom stereocenters. The van der Waals surface area contributed by atoms with Crippen LogP contribution in [0.5, 0.6) is 0 Å². The number of thiophene rings is 1. The highest BCUT2D eigenvalue weighted by molar-refractivity contribution is 7.09. The van der Waals surface area contributed by atoms with Gasteiger partial charge in [0.25, 0.3) is 0 Å². The summed E-state index contributed by atoms with van der Waals surface area (Å²) in [6, 6.07) is 4.18. The van der Waals surface area contributed by atoms with Crippen molar-refractivity contribution in [2.24, 2.45) is 0 Å². The number of aliphatic hydroxyl groups is 1. The predicted molar refractivity (Wildman–Crippen MR) is 70.1 cm³/mol. The Morgan fingerprint density at radius 3 is 2.81 bits per heavy atom. The molecule has 4 heteroatoms. The Morgan fingerprint density at radius 1 is 1.50 bits per heavy atom. The molecular weight excluding hydrogens is 222 g/mol. The van der Waals surface area contributed by atoms with Gasteiger partial charge >= 0.3 is 0 Å². The summed E-state index contributed by atoms with van der Waals surface area (Å²) >= 11 is 1.76. The summed E-state index contributed by atoms with van der Waals surface area (Å²) in [5.41, 5.74) is 0. The van der Waals surface area contributed by atoms with E-state index in [4.69, 9.17) is 4.74 Å². The first-order chi connectivity index (χ1) is 7.83. The standard InChI is InChI=1S/C10H17NO2S.C2H6/c1-13-8-9(12)7-11-5-4-10-3-2-6-14-10;1-2/h2-3,6,9,11-12H,4-5,7-8H2,1H3;1-2H3. The van der Waals surface area contributed by atoms with Crippen LogP contribution in [0.15, 0.2) is 17.5 Å². The highest BCUT2D eigenvalue weighted by Crippen LogP contribution is 2.07. The molecule has 1 aromatic rings. The minimum atomic E-state index is -0.400. The fourth-order valence-corrected chi connectivity index (χ4v) is 1.90. The van der Waals surface area contributed by atoms with E-state index in [2.05, 4.69) is 22.8 Å². The molecule has 1 atom stereocenters. The lowest BCUT2D eigenvalue weighted by molar-refractivity contribution is 0.0648. The molecule has 0 aliphatic heterocycles. The van der Waals surface area contributed by atoms with Gasteiger partial charge in [-0.2, -0.15) is 0 Å². The number of rotatable bonds is 7. The van der Waals surface area contributed by atoms with Crippen LogP contribution in [0, 0.1) is 0 Å². The number of aliphatic hydroxyl groups excluding tert-OH is 1. The first kappa shape index (κ1) is 15.6. The molecule has 0 spiro atoms. The zero-order valence-corrected chi connectivity index (χ0v) is 11.2. The van der Waals surface area contributed by atoms with Crippen LogP contribution < -0.4 is 5.32 Å². The van der Waals surface area contributed by atoms with Crippen molar-refractivity contribution in [1.82, 2.24) is 5.32 Å². The first-order valence-electron chi connectivity index (χ1n) is 5.73. The number of ether oxygens (including phenoxy) is 1. The lowest BCUT2D eigenvalue weighted by Gasteiger charge is -2.09. The van der Waals surface area contributed by atoms with Gasteiger partial charge in [0.1, 0.15) is 0 Å². The number of hydrogen-bond donors (Lipinski definition) is 2. The maximum atomic E-state index is 9.32. The monoisotopic (exact) mass is 245 g/mol. The van der Waals surface area contributed by atoms with Crippen molar-refractivity contribution >= 4 is 11.3 Å². The number of hydrogen-bond acceptors (Lipinski definition) is 4. The van der Waals surface area contributed by atoms with E-state index in [0.29, 0.717) is 13.2 Å². The minimum absolute atomic E-state index is 0.395. The summed E-state index contributed by atoms with van der Waals surface area (Å²) in [6.45, 7) is 5.90. The molecule has 0 aromatic carbocycles. The third kappa shape index (κ3) is 7.82. The minimum Gasteiger partial charge on any atom is -0.389 e. The molecule has 0 aliphatic rings. The van der Waals surface area contributed by atoms with E-state index >= 15 is 0 Å². The van der Waals surface area contributed by atoms with Crippen molar-refractivity contribution < 1.29 is 9.84 Å². The SMILES string of the molecule is CC.COCC(O)CNCCc1cccs1. The third-order valence-corrected chi connectivity index (χ3v) is 2.80. The molecule has 0 radical (unpaired) electrons. The Balaban J connectivity index is 0.00000106. The van der Waals surface area contributed by atoms with Crippen molar-refractivity contribution in [3.05, 3.63) is 22.4 Å². The van der Waals surface area contributed by atoms with E-state index in [0.717, 1.165) is 13.0 Å². The van der Waals surface area contributed by atoms with E-state index in [1.165, 1.54) is 4.88 Å². The lowest BCUT2D eigenvalue weighted by atomic mass is 10.3. The van der Waals surface area contributed by atoms with Gasteiger partial charge in [0, 0.05) is 25.1 Å². The van der Waals surface area contributed by atoms with Crippen molar-refractivity contribution in [3.8, 4) is 0 Å². The smallest absolute Gasteiger partial charge is 0.0897 e. The molecule has 1 heterocycles. The van der Waals surface area contributed by atoms with Gasteiger partial charge in [0.2, 0.25) is 0 Å². The largest absolute Gasteiger partial charge is 0.389 e. The van der Waals surface area contributed by atoms with E-state index in [9.17, 15) is 5.11 Å². The summed E-state index contributed by atoms with van der Waals surface area (Å²) in [4.78, 5) is 1.37. The van der Waals surface area contributed by atoms with Gasteiger partial charge < -0.3 is 15.2 Å². The number of nitrogens with one attached hydrogen (secondary N) is 1. The van der Waals surface area contributed by atoms with E-state index in [1.807, 2.05) is 13.8 Å². The lowest BCUT2D eigenvalue weighted by Crippen LogP contribution is -2.31. The van der Waals surface area contributed by atoms with Crippen LogP contribution in [0.4, 0.5) is 0 Å². The van der Waals surface area contributed by atoms with E-state index in [-0.39, 0.29) is 0 Å². The van der Waals surface area contributed by atoms with Crippen LogP contribution in [0.1, 0.15) is 18.7 Å². The molecule has 0 bridgehead atoms. The summed E-state index contributed by atoms with van der Waals surface area (Å²) in [7, 11) is 1.59. The van der Waals surface area contributed by atoms with Gasteiger partial charge in [-0.15, -0.1) is 11.3 Å². The molecule has 0 fully saturated rings. The van der Waals surface area contributed by atoms with Crippen LogP contribution in [0.25, 0.3) is 0 Å². The second kappa shape index (κ2) is 11.1. The average molecular weight is 245 g/mol. The Hall–Kier alpha value is -0.420. The molecule has 0 aliphatic carbocycles. The zero-order chi connectivity index (χ0) is 12.2. The maximum Gasteiger partial charge on any atom is 0.0897 e. The normalized spacial score (nSPS) is 11.8. The molecule has 16 heavy (non-hydrogen) atoms. The van der Waals surface area contributed by atoms with Crippen molar-refractivity contribution in [1.29, 1.82) is 0 Å². The second-order valence-electron chi connectivity index (χ2n) is 3.14. The molecule has 0 amide bonds. The molecule has 0 saturated carbocycles. The Kier molecular flexibility index (Phi) is 10.8. The molecule has 2 N–H and O–H groups in total. The summed E-state index contributed by atoms with van der Waals surface area (Å²) in [5, 5.41) is 14.6. The van der Waals surface area contributed by atoms with Crippen LogP contribution in [0.2, 0.25) is 0 Å². The van der Waals surface area contributed by atoms with Gasteiger partial charge in [0.05, 0.1) is 12.7 Å². The highest BCUT2D eigenvalue weighted by Gasteiger charge is 2.01. The fourth-order valence-electron chi connectivity index (χ4n) is 1.19. The molecule has 0 saturated heterocycles. The summed E-state index contributed by atoms with van der Waals surface area (Å²) in [5.74, 6) is 0. The Labute approximate surface area is 102 Å². The average Bonchev–Trinajstić information content (AvgIpc) is 2.81. The molecule has 3 nitrogen and oxygen atoms in total. The predicted octanol–water partition coefficient (Wildman–Crippen LogP) is 1.91. The Bertz CT molecular complexity index is 227. The van der Waals surface area contributed by atoms with Crippen molar-refractivity contribution in [3.63, 3.8) is 0 Å². The molecule has 1 rings (SSSR count). The van der Waals surface area contributed by atoms with Gasteiger partial charge in [0.15, 0.2) is 0 Å². The number of methoxy groups -OCH3 is 1. The molecule has 94 valence electrons. The van der Waals surface area contributed by atoms with Crippen LogP contribution in [-0.2, 0) is 11.2 Å². The van der Waals surface area contributed by atoms with E-state index in [1.54, 1.807) is 18.4 Å². The van der Waals surface area contributed by atoms with Gasteiger partial charge in [-0.25, -0.2) is 0 Å². The zero-order valence-electron chi connectivity index (χ0n) is 10.4. The fraction of sp³-hybridized carbons (Fsp3) is 0.667. The van der Waals surface area contributed by atoms with Gasteiger partial charge in [-0.3, -0.25) is 0 Å². The first-order valence-corrected chi connectivity index (χ1v) is 6.61. The van der Waals surface area contributed by atoms with Crippen molar-refractivity contribution in [2.75, 3.05) is 26.8 Å². The van der Waals surface area contributed by atoms with E-state index < -0.39 is 6.10 Å². The van der Waals surface area contributed by atoms with Crippen LogP contribution >= 0.6 is 11.3 Å². The van der Waals surface area contributed by atoms with Crippen LogP contribution in [0.3, 0.4) is 0 Å². The summed E-state index contributed by atoms with van der Waals surface area (Å²) < 4.78 is 4.82. The molecular formula is C12H23NO2S. The second-order valence-corrected chi connectivity index (χ2v) is 4.17.